The van der Waals surface area contributed by atoms with Crippen LogP contribution in [0.1, 0.15) is 37.2 Å². The Balaban J connectivity index is 1.86. The maximum Gasteiger partial charge on any atom is 0.281 e. The molecule has 1 fully saturated rings. The Morgan fingerprint density at radius 2 is 2.08 bits per heavy atom. The number of hydrogen-bond donors (Lipinski definition) is 0. The topological polar surface area (TPSA) is 71.3 Å². The van der Waals surface area contributed by atoms with Crippen molar-refractivity contribution >= 4 is 10.2 Å². The maximum atomic E-state index is 12.4. The molecule has 1 saturated heterocycles. The van der Waals surface area contributed by atoms with Crippen LogP contribution in [-0.2, 0) is 16.6 Å². The number of pyridine rings is 1. The first-order valence-electron chi connectivity index (χ1n) is 8.59. The average molecular weight is 363 g/mol. The lowest BCUT2D eigenvalue weighted by Crippen LogP contribution is -2.45. The van der Waals surface area contributed by atoms with E-state index in [2.05, 4.69) is 27.5 Å². The second-order valence-corrected chi connectivity index (χ2v) is 8.64. The van der Waals surface area contributed by atoms with Gasteiger partial charge >= 0.3 is 0 Å². The molecule has 0 spiro atoms. The first kappa shape index (κ1) is 18.0. The molecule has 0 N–H and O–H groups in total. The van der Waals surface area contributed by atoms with Crippen molar-refractivity contribution in [3.63, 3.8) is 0 Å². The standard InChI is InChI=1S/C17H25N5O2S/c1-4-17-19-9-11-22(17)15-7-8-18-16(12-15)14-6-5-10-21(13-14)25(23,24)20(2)3/h7-9,11-12,14H,4-6,10,13H2,1-3H3/t14-/m1/s1. The second kappa shape index (κ2) is 7.23. The highest BCUT2D eigenvalue weighted by Crippen LogP contribution is 2.28. The summed E-state index contributed by atoms with van der Waals surface area (Å²) in [6.45, 7) is 3.12. The predicted molar refractivity (Wildman–Crippen MR) is 96.9 cm³/mol. The summed E-state index contributed by atoms with van der Waals surface area (Å²) in [6, 6.07) is 4.01. The van der Waals surface area contributed by atoms with Crippen LogP contribution in [0.15, 0.2) is 30.7 Å². The third-order valence-electron chi connectivity index (χ3n) is 4.67. The van der Waals surface area contributed by atoms with E-state index in [0.29, 0.717) is 13.1 Å². The van der Waals surface area contributed by atoms with Crippen molar-refractivity contribution < 1.29 is 8.42 Å². The molecule has 0 bridgehead atoms. The molecule has 0 aliphatic carbocycles. The lowest BCUT2D eigenvalue weighted by molar-refractivity contribution is 0.296. The lowest BCUT2D eigenvalue weighted by Gasteiger charge is -2.33. The zero-order valence-electron chi connectivity index (χ0n) is 15.0. The first-order chi connectivity index (χ1) is 11.9. The van der Waals surface area contributed by atoms with Gasteiger partial charge in [0.25, 0.3) is 10.2 Å². The number of aryl methyl sites for hydroxylation is 1. The number of rotatable bonds is 5. The Morgan fingerprint density at radius 1 is 1.28 bits per heavy atom. The monoisotopic (exact) mass is 363 g/mol. The van der Waals surface area contributed by atoms with Gasteiger partial charge in [-0.25, -0.2) is 4.98 Å². The van der Waals surface area contributed by atoms with Crippen molar-refractivity contribution in [1.29, 1.82) is 0 Å². The van der Waals surface area contributed by atoms with E-state index in [-0.39, 0.29) is 5.92 Å². The Hall–Kier alpha value is -1.77. The molecule has 1 aliphatic rings. The SMILES string of the molecule is CCc1nccn1-c1ccnc([C@@H]2CCCN(S(=O)(=O)N(C)C)C2)c1. The summed E-state index contributed by atoms with van der Waals surface area (Å²) >= 11 is 0. The molecule has 136 valence electrons. The minimum absolute atomic E-state index is 0.108. The molecular weight excluding hydrogens is 338 g/mol. The van der Waals surface area contributed by atoms with Gasteiger partial charge in [-0.05, 0) is 25.0 Å². The van der Waals surface area contributed by atoms with E-state index in [1.807, 2.05) is 12.3 Å². The Labute approximate surface area is 149 Å². The summed E-state index contributed by atoms with van der Waals surface area (Å²) in [5.74, 6) is 1.11. The van der Waals surface area contributed by atoms with Gasteiger partial charge in [0.05, 0.1) is 5.69 Å². The molecule has 8 heteroatoms. The van der Waals surface area contributed by atoms with Crippen LogP contribution in [0.5, 0.6) is 0 Å². The van der Waals surface area contributed by atoms with Gasteiger partial charge in [0, 0.05) is 63.8 Å². The fourth-order valence-corrected chi connectivity index (χ4v) is 4.46. The average Bonchev–Trinajstić information content (AvgIpc) is 3.10. The fourth-order valence-electron chi connectivity index (χ4n) is 3.27. The van der Waals surface area contributed by atoms with E-state index in [1.165, 1.54) is 4.31 Å². The third kappa shape index (κ3) is 3.61. The van der Waals surface area contributed by atoms with Crippen LogP contribution in [0.3, 0.4) is 0 Å². The van der Waals surface area contributed by atoms with Crippen molar-refractivity contribution in [3.05, 3.63) is 42.2 Å². The molecule has 0 amide bonds. The van der Waals surface area contributed by atoms with Crippen LogP contribution in [0, 0.1) is 0 Å². The minimum atomic E-state index is -3.38. The normalized spacial score (nSPS) is 19.4. The largest absolute Gasteiger partial charge is 0.304 e. The van der Waals surface area contributed by atoms with Crippen LogP contribution in [0.2, 0.25) is 0 Å². The fraction of sp³-hybridized carbons (Fsp3) is 0.529. The number of piperidine rings is 1. The van der Waals surface area contributed by atoms with Gasteiger partial charge in [0.2, 0.25) is 0 Å². The molecule has 1 aliphatic heterocycles. The van der Waals surface area contributed by atoms with Crippen LogP contribution in [-0.4, -0.2) is 58.7 Å². The van der Waals surface area contributed by atoms with Crippen LogP contribution < -0.4 is 0 Å². The van der Waals surface area contributed by atoms with Gasteiger partial charge < -0.3 is 4.57 Å². The Kier molecular flexibility index (Phi) is 5.21. The highest BCUT2D eigenvalue weighted by Gasteiger charge is 2.31. The molecule has 0 saturated carbocycles. The Morgan fingerprint density at radius 3 is 2.80 bits per heavy atom. The van der Waals surface area contributed by atoms with E-state index in [9.17, 15) is 8.42 Å². The number of imidazole rings is 1. The zero-order chi connectivity index (χ0) is 18.0. The number of aromatic nitrogens is 3. The summed E-state index contributed by atoms with van der Waals surface area (Å²) in [5.41, 5.74) is 1.96. The third-order valence-corrected chi connectivity index (χ3v) is 6.57. The summed E-state index contributed by atoms with van der Waals surface area (Å²) in [6.07, 6.45) is 8.17. The van der Waals surface area contributed by atoms with Gasteiger partial charge in [-0.1, -0.05) is 6.92 Å². The molecule has 0 radical (unpaired) electrons. The highest BCUT2D eigenvalue weighted by atomic mass is 32.2. The van der Waals surface area contributed by atoms with Crippen molar-refractivity contribution in [2.24, 2.45) is 0 Å². The maximum absolute atomic E-state index is 12.4. The minimum Gasteiger partial charge on any atom is -0.304 e. The molecule has 0 unspecified atom stereocenters. The van der Waals surface area contributed by atoms with Crippen LogP contribution in [0.25, 0.3) is 5.69 Å². The molecule has 3 rings (SSSR count). The first-order valence-corrected chi connectivity index (χ1v) is 9.99. The molecule has 2 aromatic heterocycles. The number of hydrogen-bond acceptors (Lipinski definition) is 4. The zero-order valence-corrected chi connectivity index (χ0v) is 15.8. The van der Waals surface area contributed by atoms with Crippen molar-refractivity contribution in [1.82, 2.24) is 23.1 Å². The summed E-state index contributed by atoms with van der Waals surface area (Å²) in [5, 5.41) is 0. The molecule has 7 nitrogen and oxygen atoms in total. The van der Waals surface area contributed by atoms with E-state index in [0.717, 1.165) is 36.5 Å². The van der Waals surface area contributed by atoms with E-state index in [4.69, 9.17) is 0 Å². The second-order valence-electron chi connectivity index (χ2n) is 6.49. The van der Waals surface area contributed by atoms with E-state index in [1.54, 1.807) is 30.8 Å². The highest BCUT2D eigenvalue weighted by molar-refractivity contribution is 7.86. The van der Waals surface area contributed by atoms with Gasteiger partial charge in [0.15, 0.2) is 0 Å². The lowest BCUT2D eigenvalue weighted by atomic mass is 9.95. The van der Waals surface area contributed by atoms with Crippen molar-refractivity contribution in [2.75, 3.05) is 27.2 Å². The quantitative estimate of drug-likeness (QED) is 0.812. The van der Waals surface area contributed by atoms with Crippen LogP contribution in [0.4, 0.5) is 0 Å². The van der Waals surface area contributed by atoms with E-state index >= 15 is 0 Å². The van der Waals surface area contributed by atoms with Crippen molar-refractivity contribution in [3.8, 4) is 5.69 Å². The summed E-state index contributed by atoms with van der Waals surface area (Å²) in [4.78, 5) is 8.89. The predicted octanol–water partition coefficient (Wildman–Crippen LogP) is 1.82. The van der Waals surface area contributed by atoms with Gasteiger partial charge in [-0.15, -0.1) is 0 Å². The molecular formula is C17H25N5O2S. The van der Waals surface area contributed by atoms with Gasteiger partial charge in [-0.3, -0.25) is 4.98 Å². The van der Waals surface area contributed by atoms with Gasteiger partial charge in [0.1, 0.15) is 5.82 Å². The van der Waals surface area contributed by atoms with Gasteiger partial charge in [-0.2, -0.15) is 17.0 Å². The van der Waals surface area contributed by atoms with Crippen molar-refractivity contribution in [2.45, 2.75) is 32.1 Å². The Bertz CT molecular complexity index is 831. The molecule has 1 atom stereocenters. The molecule has 25 heavy (non-hydrogen) atoms. The summed E-state index contributed by atoms with van der Waals surface area (Å²) in [7, 11) is -0.236. The van der Waals surface area contributed by atoms with E-state index < -0.39 is 10.2 Å². The smallest absolute Gasteiger partial charge is 0.281 e. The molecule has 2 aromatic rings. The molecule has 0 aromatic carbocycles. The van der Waals surface area contributed by atoms with Crippen LogP contribution >= 0.6 is 0 Å². The number of nitrogens with zero attached hydrogens (tertiary/aromatic N) is 5. The summed E-state index contributed by atoms with van der Waals surface area (Å²) < 4.78 is 29.7. The molecule has 3 heterocycles.